The summed E-state index contributed by atoms with van der Waals surface area (Å²) in [6.07, 6.45) is 3.95. The van der Waals surface area contributed by atoms with E-state index >= 15 is 0 Å². The van der Waals surface area contributed by atoms with Gasteiger partial charge in [0.1, 0.15) is 5.75 Å². The average molecular weight is 362 g/mol. The molecule has 4 N–H and O–H groups in total. The summed E-state index contributed by atoms with van der Waals surface area (Å²) in [6.45, 7) is 3.57. The minimum atomic E-state index is -0.341. The van der Waals surface area contributed by atoms with E-state index in [4.69, 9.17) is 22.1 Å². The number of halogens is 1. The smallest absolute Gasteiger partial charge is 0.255 e. The molecule has 2 bridgehead atoms. The Hall–Kier alpha value is -1.90. The number of carbonyl (C=O) groups is 1. The lowest BCUT2D eigenvalue weighted by Crippen LogP contribution is -2.48. The van der Waals surface area contributed by atoms with Gasteiger partial charge in [0.15, 0.2) is 6.10 Å². The molecule has 134 valence electrons. The van der Waals surface area contributed by atoms with Crippen LogP contribution in [0.1, 0.15) is 49.9 Å². The summed E-state index contributed by atoms with van der Waals surface area (Å²) in [5, 5.41) is 7.05. The molecule has 6 heteroatoms. The number of nitrogens with one attached hydrogen (secondary N) is 2. The van der Waals surface area contributed by atoms with E-state index in [1.807, 2.05) is 6.92 Å². The van der Waals surface area contributed by atoms with Crippen molar-refractivity contribution in [3.8, 4) is 17.6 Å². The summed E-state index contributed by atoms with van der Waals surface area (Å²) in [4.78, 5) is 12.8. The highest BCUT2D eigenvalue weighted by atomic mass is 35.5. The Kier molecular flexibility index (Phi) is 5.41. The number of benzene rings is 1. The highest BCUT2D eigenvalue weighted by molar-refractivity contribution is 6.33. The standard InChI is InChI=1S/C19H24ClN3O2/c1-3-4-11(2)25-18-10-17(21)16(20)9-15(18)19(24)23-14-7-12-5-6-13(8-14)22-12/h9-14,22H,5-8,21H2,1-2H3,(H,23,24). The summed E-state index contributed by atoms with van der Waals surface area (Å²) in [5.74, 6) is 5.94. The number of piperidine rings is 1. The number of hydrogen-bond acceptors (Lipinski definition) is 4. The van der Waals surface area contributed by atoms with Gasteiger partial charge in [0, 0.05) is 24.2 Å². The molecule has 25 heavy (non-hydrogen) atoms. The van der Waals surface area contributed by atoms with E-state index in [0.29, 0.717) is 34.1 Å². The van der Waals surface area contributed by atoms with E-state index in [-0.39, 0.29) is 18.1 Å². The maximum absolute atomic E-state index is 12.8. The van der Waals surface area contributed by atoms with E-state index in [1.165, 1.54) is 12.8 Å². The van der Waals surface area contributed by atoms with Crippen LogP contribution >= 0.6 is 11.6 Å². The summed E-state index contributed by atoms with van der Waals surface area (Å²) in [7, 11) is 0. The van der Waals surface area contributed by atoms with Gasteiger partial charge in [-0.1, -0.05) is 17.5 Å². The zero-order valence-corrected chi connectivity index (χ0v) is 15.3. The van der Waals surface area contributed by atoms with Crippen LogP contribution in [-0.4, -0.2) is 30.1 Å². The summed E-state index contributed by atoms with van der Waals surface area (Å²) >= 11 is 6.13. The van der Waals surface area contributed by atoms with Crippen molar-refractivity contribution in [1.29, 1.82) is 0 Å². The first-order chi connectivity index (χ1) is 12.0. The number of hydrogen-bond donors (Lipinski definition) is 3. The molecule has 2 aliphatic rings. The van der Waals surface area contributed by atoms with Crippen LogP contribution in [0.4, 0.5) is 5.69 Å². The second kappa shape index (κ2) is 7.55. The van der Waals surface area contributed by atoms with Crippen molar-refractivity contribution in [1.82, 2.24) is 10.6 Å². The van der Waals surface area contributed by atoms with Crippen LogP contribution in [0, 0.1) is 11.8 Å². The van der Waals surface area contributed by atoms with Gasteiger partial charge in [0.25, 0.3) is 5.91 Å². The van der Waals surface area contributed by atoms with Crippen LogP contribution in [0.5, 0.6) is 5.75 Å². The topological polar surface area (TPSA) is 76.4 Å². The lowest BCUT2D eigenvalue weighted by atomic mass is 9.99. The second-order valence-electron chi connectivity index (χ2n) is 6.80. The fourth-order valence-corrected chi connectivity index (χ4v) is 3.87. The molecule has 0 aromatic heterocycles. The molecule has 0 radical (unpaired) electrons. The Morgan fingerprint density at radius 3 is 2.72 bits per heavy atom. The SMILES string of the molecule is CC#CC(C)Oc1cc(N)c(Cl)cc1C(=O)NC1CC2CCC(C1)N2. The van der Waals surface area contributed by atoms with Crippen LogP contribution in [0.3, 0.4) is 0 Å². The van der Waals surface area contributed by atoms with Crippen LogP contribution < -0.4 is 21.1 Å². The summed E-state index contributed by atoms with van der Waals surface area (Å²) < 4.78 is 5.80. The van der Waals surface area contributed by atoms with E-state index in [0.717, 1.165) is 12.8 Å². The first-order valence-electron chi connectivity index (χ1n) is 8.71. The van der Waals surface area contributed by atoms with Gasteiger partial charge in [0.05, 0.1) is 16.3 Å². The largest absolute Gasteiger partial charge is 0.477 e. The van der Waals surface area contributed by atoms with Crippen molar-refractivity contribution >= 4 is 23.2 Å². The number of nitrogen functional groups attached to an aromatic ring is 1. The fourth-order valence-electron chi connectivity index (χ4n) is 3.71. The van der Waals surface area contributed by atoms with Gasteiger partial charge >= 0.3 is 0 Å². The molecule has 2 saturated heterocycles. The molecule has 1 amide bonds. The second-order valence-corrected chi connectivity index (χ2v) is 7.21. The number of carbonyl (C=O) groups excluding carboxylic acids is 1. The van der Waals surface area contributed by atoms with Gasteiger partial charge in [-0.05, 0) is 45.6 Å². The Morgan fingerprint density at radius 2 is 2.08 bits per heavy atom. The van der Waals surface area contributed by atoms with Gasteiger partial charge in [-0.25, -0.2) is 0 Å². The third-order valence-electron chi connectivity index (χ3n) is 4.80. The molecule has 0 saturated carbocycles. The molecule has 2 heterocycles. The summed E-state index contributed by atoms with van der Waals surface area (Å²) in [6, 6.07) is 4.35. The van der Waals surface area contributed by atoms with Crippen LogP contribution in [0.25, 0.3) is 0 Å². The lowest BCUT2D eigenvalue weighted by Gasteiger charge is -2.30. The van der Waals surface area contributed by atoms with Gasteiger partial charge in [-0.15, -0.1) is 5.92 Å². The zero-order chi connectivity index (χ0) is 18.0. The van der Waals surface area contributed by atoms with Gasteiger partial charge in [0.2, 0.25) is 0 Å². The number of nitrogens with two attached hydrogens (primary N) is 1. The minimum Gasteiger partial charge on any atom is -0.477 e. The monoisotopic (exact) mass is 361 g/mol. The number of ether oxygens (including phenoxy) is 1. The maximum atomic E-state index is 12.8. The van der Waals surface area contributed by atoms with E-state index in [9.17, 15) is 4.79 Å². The average Bonchev–Trinajstić information content (AvgIpc) is 2.89. The zero-order valence-electron chi connectivity index (χ0n) is 14.6. The van der Waals surface area contributed by atoms with Crippen LogP contribution in [-0.2, 0) is 0 Å². The number of anilines is 1. The van der Waals surface area contributed by atoms with Crippen molar-refractivity contribution in [2.75, 3.05) is 5.73 Å². The van der Waals surface area contributed by atoms with Crippen molar-refractivity contribution in [2.24, 2.45) is 0 Å². The quantitative estimate of drug-likeness (QED) is 0.569. The van der Waals surface area contributed by atoms with E-state index in [1.54, 1.807) is 19.1 Å². The number of rotatable bonds is 4. The lowest BCUT2D eigenvalue weighted by molar-refractivity contribution is 0.0919. The Bertz CT molecular complexity index is 713. The Morgan fingerprint density at radius 1 is 1.40 bits per heavy atom. The van der Waals surface area contributed by atoms with Crippen molar-refractivity contribution < 1.29 is 9.53 Å². The van der Waals surface area contributed by atoms with Crippen molar-refractivity contribution in [3.63, 3.8) is 0 Å². The molecule has 3 atom stereocenters. The maximum Gasteiger partial charge on any atom is 0.255 e. The molecule has 3 rings (SSSR count). The molecular formula is C19H24ClN3O2. The summed E-state index contributed by atoms with van der Waals surface area (Å²) in [5.41, 5.74) is 6.66. The minimum absolute atomic E-state index is 0.170. The first kappa shape index (κ1) is 17.9. The number of amides is 1. The highest BCUT2D eigenvalue weighted by Gasteiger charge is 2.34. The molecule has 0 spiro atoms. The normalized spacial score (nSPS) is 25.6. The third kappa shape index (κ3) is 4.20. The van der Waals surface area contributed by atoms with Crippen LogP contribution in [0.2, 0.25) is 5.02 Å². The molecule has 0 aliphatic carbocycles. The molecule has 1 aromatic carbocycles. The van der Waals surface area contributed by atoms with Gasteiger partial charge in [-0.3, -0.25) is 4.79 Å². The van der Waals surface area contributed by atoms with Crippen LogP contribution in [0.15, 0.2) is 12.1 Å². The predicted octanol–water partition coefficient (Wildman–Crippen LogP) is 2.73. The van der Waals surface area contributed by atoms with Gasteiger partial charge in [-0.2, -0.15) is 0 Å². The van der Waals surface area contributed by atoms with E-state index in [2.05, 4.69) is 22.5 Å². The Balaban J connectivity index is 1.78. The van der Waals surface area contributed by atoms with Gasteiger partial charge < -0.3 is 21.1 Å². The van der Waals surface area contributed by atoms with E-state index < -0.39 is 0 Å². The van der Waals surface area contributed by atoms with Crippen molar-refractivity contribution in [2.45, 2.75) is 63.8 Å². The first-order valence-corrected chi connectivity index (χ1v) is 9.09. The molecule has 3 unspecified atom stereocenters. The third-order valence-corrected chi connectivity index (χ3v) is 5.13. The Labute approximate surface area is 153 Å². The molecule has 5 nitrogen and oxygen atoms in total. The molecule has 1 aromatic rings. The molecule has 2 aliphatic heterocycles. The molecular weight excluding hydrogens is 338 g/mol. The number of fused-ring (bicyclic) bond motifs is 2. The predicted molar refractivity (Wildman–Crippen MR) is 99.8 cm³/mol. The molecule has 2 fully saturated rings. The fraction of sp³-hybridized carbons (Fsp3) is 0.526. The van der Waals surface area contributed by atoms with Crippen molar-refractivity contribution in [3.05, 3.63) is 22.7 Å². The highest BCUT2D eigenvalue weighted by Crippen LogP contribution is 2.31.